The topological polar surface area (TPSA) is 78.3 Å². The number of rotatable bonds is 3. The molecule has 0 heterocycles. The number of alkyl halides is 3. The predicted octanol–water partition coefficient (Wildman–Crippen LogP) is 3.18. The van der Waals surface area contributed by atoms with Crippen molar-refractivity contribution in [3.8, 4) is 11.5 Å². The molecule has 4 nitrogen and oxygen atoms in total. The van der Waals surface area contributed by atoms with Crippen molar-refractivity contribution in [1.29, 1.82) is 0 Å². The van der Waals surface area contributed by atoms with E-state index in [4.69, 9.17) is 16.2 Å². The molecule has 2 aromatic rings. The summed E-state index contributed by atoms with van der Waals surface area (Å²) in [5.41, 5.74) is 10.3. The minimum absolute atomic E-state index is 0.0434. The highest BCUT2D eigenvalue weighted by molar-refractivity contribution is 5.93. The molecule has 110 valence electrons. The van der Waals surface area contributed by atoms with E-state index in [1.165, 1.54) is 30.3 Å². The van der Waals surface area contributed by atoms with Gasteiger partial charge in [-0.1, -0.05) is 6.07 Å². The predicted molar refractivity (Wildman–Crippen MR) is 70.9 cm³/mol. The van der Waals surface area contributed by atoms with Crippen molar-refractivity contribution in [1.82, 2.24) is 0 Å². The highest BCUT2D eigenvalue weighted by Gasteiger charge is 2.30. The maximum atomic E-state index is 12.6. The molecule has 2 rings (SSSR count). The molecule has 0 spiro atoms. The number of hydrogen-bond donors (Lipinski definition) is 2. The third-order valence-corrected chi connectivity index (χ3v) is 2.69. The molecule has 1 amide bonds. The summed E-state index contributed by atoms with van der Waals surface area (Å²) < 4.78 is 43.1. The third kappa shape index (κ3) is 3.44. The van der Waals surface area contributed by atoms with E-state index >= 15 is 0 Å². The second-order valence-electron chi connectivity index (χ2n) is 4.24. The summed E-state index contributed by atoms with van der Waals surface area (Å²) in [5, 5.41) is 0. The molecular weight excluding hydrogens is 285 g/mol. The standard InChI is InChI=1S/C14H11F3N2O2/c15-14(16,17)9-2-1-3-10(7-9)21-12-6-8(13(19)20)4-5-11(12)18/h1-7H,18H2,(H2,19,20). The third-order valence-electron chi connectivity index (χ3n) is 2.69. The fourth-order valence-electron chi connectivity index (χ4n) is 1.64. The molecule has 0 aromatic heterocycles. The number of hydrogen-bond acceptors (Lipinski definition) is 3. The van der Waals surface area contributed by atoms with Crippen molar-refractivity contribution in [2.75, 3.05) is 5.73 Å². The van der Waals surface area contributed by atoms with E-state index in [-0.39, 0.29) is 22.7 Å². The molecule has 4 N–H and O–H groups in total. The molecule has 0 saturated heterocycles. The Bertz CT molecular complexity index is 684. The van der Waals surface area contributed by atoms with Crippen molar-refractivity contribution in [2.45, 2.75) is 6.18 Å². The Labute approximate surface area is 118 Å². The first-order valence-corrected chi connectivity index (χ1v) is 5.82. The van der Waals surface area contributed by atoms with Crippen LogP contribution >= 0.6 is 0 Å². The number of anilines is 1. The number of nitrogen functional groups attached to an aromatic ring is 1. The van der Waals surface area contributed by atoms with Crippen molar-refractivity contribution < 1.29 is 22.7 Å². The summed E-state index contributed by atoms with van der Waals surface area (Å²) >= 11 is 0. The second kappa shape index (κ2) is 5.35. The van der Waals surface area contributed by atoms with Gasteiger partial charge in [-0.15, -0.1) is 0 Å². The van der Waals surface area contributed by atoms with Crippen molar-refractivity contribution in [3.05, 3.63) is 53.6 Å². The lowest BCUT2D eigenvalue weighted by Gasteiger charge is -2.12. The monoisotopic (exact) mass is 296 g/mol. The number of halogens is 3. The largest absolute Gasteiger partial charge is 0.455 e. The summed E-state index contributed by atoms with van der Waals surface area (Å²) in [6, 6.07) is 8.40. The Balaban J connectivity index is 2.34. The van der Waals surface area contributed by atoms with E-state index in [0.717, 1.165) is 12.1 Å². The SMILES string of the molecule is NC(=O)c1ccc(N)c(Oc2cccc(C(F)(F)F)c2)c1. The molecule has 21 heavy (non-hydrogen) atoms. The van der Waals surface area contributed by atoms with Crippen molar-refractivity contribution in [2.24, 2.45) is 5.73 Å². The molecule has 0 saturated carbocycles. The minimum atomic E-state index is -4.47. The summed E-state index contributed by atoms with van der Waals surface area (Å²) in [7, 11) is 0. The maximum Gasteiger partial charge on any atom is 0.416 e. The van der Waals surface area contributed by atoms with Crippen LogP contribution in [0.15, 0.2) is 42.5 Å². The molecular formula is C14H11F3N2O2. The van der Waals surface area contributed by atoms with Gasteiger partial charge in [-0.2, -0.15) is 13.2 Å². The molecule has 7 heteroatoms. The molecule has 0 aliphatic rings. The Hall–Kier alpha value is -2.70. The maximum absolute atomic E-state index is 12.6. The Kier molecular flexibility index (Phi) is 3.75. The number of amides is 1. The van der Waals surface area contributed by atoms with E-state index in [1.54, 1.807) is 0 Å². The van der Waals surface area contributed by atoms with Gasteiger partial charge < -0.3 is 16.2 Å². The summed E-state index contributed by atoms with van der Waals surface area (Å²) in [6.45, 7) is 0. The van der Waals surface area contributed by atoms with Gasteiger partial charge in [0.25, 0.3) is 0 Å². The smallest absolute Gasteiger partial charge is 0.416 e. The van der Waals surface area contributed by atoms with Crippen LogP contribution in [-0.4, -0.2) is 5.91 Å². The average molecular weight is 296 g/mol. The summed E-state index contributed by atoms with van der Waals surface area (Å²) in [4.78, 5) is 11.1. The van der Waals surface area contributed by atoms with Crippen LogP contribution in [0.3, 0.4) is 0 Å². The average Bonchev–Trinajstić information content (AvgIpc) is 2.40. The van der Waals surface area contributed by atoms with E-state index in [9.17, 15) is 18.0 Å². The van der Waals surface area contributed by atoms with Gasteiger partial charge in [-0.05, 0) is 36.4 Å². The second-order valence-corrected chi connectivity index (χ2v) is 4.24. The van der Waals surface area contributed by atoms with E-state index in [2.05, 4.69) is 0 Å². The first-order chi connectivity index (χ1) is 9.77. The van der Waals surface area contributed by atoms with Crippen LogP contribution in [0.5, 0.6) is 11.5 Å². The lowest BCUT2D eigenvalue weighted by atomic mass is 10.1. The fourth-order valence-corrected chi connectivity index (χ4v) is 1.64. The molecule has 0 aliphatic carbocycles. The van der Waals surface area contributed by atoms with Crippen LogP contribution in [0.25, 0.3) is 0 Å². The molecule has 0 bridgehead atoms. The van der Waals surface area contributed by atoms with Crippen LogP contribution in [0.4, 0.5) is 18.9 Å². The fraction of sp³-hybridized carbons (Fsp3) is 0.0714. The van der Waals surface area contributed by atoms with Gasteiger partial charge in [-0.25, -0.2) is 0 Å². The van der Waals surface area contributed by atoms with Gasteiger partial charge in [0.15, 0.2) is 5.75 Å². The summed E-state index contributed by atoms with van der Waals surface area (Å²) in [6.07, 6.45) is -4.47. The van der Waals surface area contributed by atoms with Crippen LogP contribution in [0.2, 0.25) is 0 Å². The Morgan fingerprint density at radius 1 is 1.10 bits per heavy atom. The zero-order valence-electron chi connectivity index (χ0n) is 10.6. The number of carbonyl (C=O) groups excluding carboxylic acids is 1. The van der Waals surface area contributed by atoms with Crippen LogP contribution in [-0.2, 0) is 6.18 Å². The first-order valence-electron chi connectivity index (χ1n) is 5.82. The molecule has 2 aromatic carbocycles. The zero-order valence-corrected chi connectivity index (χ0v) is 10.6. The molecule has 0 unspecified atom stereocenters. The van der Waals surface area contributed by atoms with Gasteiger partial charge in [0.1, 0.15) is 5.75 Å². The van der Waals surface area contributed by atoms with E-state index in [1.807, 2.05) is 0 Å². The molecule has 0 aliphatic heterocycles. The number of nitrogens with two attached hydrogens (primary N) is 2. The van der Waals surface area contributed by atoms with Gasteiger partial charge in [-0.3, -0.25) is 4.79 Å². The first kappa shape index (κ1) is 14.7. The van der Waals surface area contributed by atoms with Crippen molar-refractivity contribution >= 4 is 11.6 Å². The molecule has 0 atom stereocenters. The lowest BCUT2D eigenvalue weighted by Crippen LogP contribution is -2.11. The van der Waals surface area contributed by atoms with Gasteiger partial charge in [0.2, 0.25) is 5.91 Å². The summed E-state index contributed by atoms with van der Waals surface area (Å²) in [5.74, 6) is -0.673. The van der Waals surface area contributed by atoms with Gasteiger partial charge in [0.05, 0.1) is 11.3 Å². The van der Waals surface area contributed by atoms with Crippen LogP contribution in [0.1, 0.15) is 15.9 Å². The Morgan fingerprint density at radius 2 is 1.81 bits per heavy atom. The van der Waals surface area contributed by atoms with E-state index < -0.39 is 17.6 Å². The Morgan fingerprint density at radius 3 is 2.43 bits per heavy atom. The lowest BCUT2D eigenvalue weighted by molar-refractivity contribution is -0.137. The number of primary amides is 1. The zero-order chi connectivity index (χ0) is 15.6. The molecule has 0 fully saturated rings. The highest BCUT2D eigenvalue weighted by atomic mass is 19.4. The van der Waals surface area contributed by atoms with Crippen molar-refractivity contribution in [3.63, 3.8) is 0 Å². The van der Waals surface area contributed by atoms with Gasteiger partial charge in [0, 0.05) is 5.56 Å². The number of carbonyl (C=O) groups is 1. The number of ether oxygens (including phenoxy) is 1. The molecule has 0 radical (unpaired) electrons. The van der Waals surface area contributed by atoms with Crippen LogP contribution in [0, 0.1) is 0 Å². The van der Waals surface area contributed by atoms with Gasteiger partial charge >= 0.3 is 6.18 Å². The number of benzene rings is 2. The van der Waals surface area contributed by atoms with E-state index in [0.29, 0.717) is 0 Å². The van der Waals surface area contributed by atoms with Crippen LogP contribution < -0.4 is 16.2 Å². The highest BCUT2D eigenvalue weighted by Crippen LogP contribution is 2.34. The quantitative estimate of drug-likeness (QED) is 0.854. The normalized spacial score (nSPS) is 11.2. The minimum Gasteiger partial charge on any atom is -0.455 e.